The highest BCUT2D eigenvalue weighted by Gasteiger charge is 2.09. The minimum Gasteiger partial charge on any atom is -0.506 e. The van der Waals surface area contributed by atoms with Crippen molar-refractivity contribution < 1.29 is 14.6 Å². The molecule has 0 amide bonds. The van der Waals surface area contributed by atoms with E-state index >= 15 is 0 Å². The van der Waals surface area contributed by atoms with Gasteiger partial charge in [0.2, 0.25) is 11.8 Å². The highest BCUT2D eigenvalue weighted by atomic mass is 16.5. The van der Waals surface area contributed by atoms with Gasteiger partial charge in [-0.25, -0.2) is 4.98 Å². The Labute approximate surface area is 148 Å². The molecule has 0 bridgehead atoms. The highest BCUT2D eigenvalue weighted by molar-refractivity contribution is 5.55. The quantitative estimate of drug-likeness (QED) is 0.639. The largest absolute Gasteiger partial charge is 0.506 e. The second-order valence-electron chi connectivity index (χ2n) is 5.63. The normalized spacial score (nSPS) is 10.5. The molecule has 25 heavy (non-hydrogen) atoms. The molecule has 0 aromatic carbocycles. The number of hydrogen-bond donors (Lipinski definition) is 2. The Morgan fingerprint density at radius 1 is 1.04 bits per heavy atom. The Kier molecular flexibility index (Phi) is 7.13. The number of ether oxygens (including phenoxy) is 2. The van der Waals surface area contributed by atoms with Crippen molar-refractivity contribution in [1.82, 2.24) is 9.97 Å². The third-order valence-electron chi connectivity index (χ3n) is 3.46. The molecular weight excluding hydrogens is 320 g/mol. The zero-order valence-electron chi connectivity index (χ0n) is 14.8. The van der Waals surface area contributed by atoms with Crippen molar-refractivity contribution in [3.63, 3.8) is 0 Å². The van der Waals surface area contributed by atoms with Gasteiger partial charge in [0.05, 0.1) is 6.20 Å². The van der Waals surface area contributed by atoms with Gasteiger partial charge in [0.15, 0.2) is 0 Å². The van der Waals surface area contributed by atoms with E-state index in [0.29, 0.717) is 30.8 Å². The van der Waals surface area contributed by atoms with Crippen LogP contribution in [-0.4, -0.2) is 41.4 Å². The van der Waals surface area contributed by atoms with Gasteiger partial charge in [0.1, 0.15) is 24.8 Å². The Morgan fingerprint density at radius 3 is 2.32 bits per heavy atom. The molecule has 3 N–H and O–H groups in total. The first-order valence-electron chi connectivity index (χ1n) is 8.55. The fourth-order valence-corrected chi connectivity index (χ4v) is 2.43. The number of hydrogen-bond acceptors (Lipinski definition) is 7. The Morgan fingerprint density at radius 2 is 1.72 bits per heavy atom. The summed E-state index contributed by atoms with van der Waals surface area (Å²) in [4.78, 5) is 10.4. The average Bonchev–Trinajstić information content (AvgIpc) is 2.59. The third kappa shape index (κ3) is 6.02. The van der Waals surface area contributed by atoms with E-state index in [2.05, 4.69) is 28.7 Å². The minimum atomic E-state index is 0.101. The summed E-state index contributed by atoms with van der Waals surface area (Å²) in [5.41, 5.74) is 6.94. The number of nitrogens with two attached hydrogens (primary N) is 1. The molecule has 0 aliphatic heterocycles. The van der Waals surface area contributed by atoms with Gasteiger partial charge >= 0.3 is 0 Å². The molecule has 0 aliphatic carbocycles. The molecule has 0 spiro atoms. The Hall–Kier alpha value is -2.70. The van der Waals surface area contributed by atoms with Crippen LogP contribution in [0.15, 0.2) is 30.5 Å². The number of pyridine rings is 2. The van der Waals surface area contributed by atoms with Gasteiger partial charge in [0.25, 0.3) is 0 Å². The summed E-state index contributed by atoms with van der Waals surface area (Å²) in [5.74, 6) is 1.45. The molecule has 7 heteroatoms. The fraction of sp³-hybridized carbons (Fsp3) is 0.444. The predicted octanol–water partition coefficient (Wildman–Crippen LogP) is 2.85. The van der Waals surface area contributed by atoms with E-state index in [0.717, 1.165) is 31.6 Å². The van der Waals surface area contributed by atoms with Crippen molar-refractivity contribution in [3.05, 3.63) is 30.5 Å². The number of rotatable bonds is 10. The van der Waals surface area contributed by atoms with Crippen LogP contribution in [0.5, 0.6) is 17.5 Å². The first kappa shape index (κ1) is 18.6. The van der Waals surface area contributed by atoms with Gasteiger partial charge in [0, 0.05) is 37.0 Å². The van der Waals surface area contributed by atoms with Crippen molar-refractivity contribution in [3.8, 4) is 17.5 Å². The van der Waals surface area contributed by atoms with Crippen LogP contribution in [0, 0.1) is 0 Å². The molecule has 0 radical (unpaired) electrons. The topological polar surface area (TPSA) is 93.7 Å². The molecule has 2 heterocycles. The Bertz CT molecular complexity index is 643. The molecule has 2 aromatic rings. The number of aromatic nitrogens is 2. The van der Waals surface area contributed by atoms with Crippen LogP contribution in [0.2, 0.25) is 0 Å². The van der Waals surface area contributed by atoms with Gasteiger partial charge in [-0.05, 0) is 18.9 Å². The summed E-state index contributed by atoms with van der Waals surface area (Å²) in [5, 5.41) is 9.18. The molecule has 0 aliphatic rings. The van der Waals surface area contributed by atoms with E-state index < -0.39 is 0 Å². The zero-order chi connectivity index (χ0) is 18.1. The van der Waals surface area contributed by atoms with Crippen LogP contribution in [0.1, 0.15) is 26.7 Å². The SMILES string of the molecule is CCCN(CCC)c1cc(N)nc(OCCOc2ccc(O)cn2)c1. The summed E-state index contributed by atoms with van der Waals surface area (Å²) in [7, 11) is 0. The molecule has 7 nitrogen and oxygen atoms in total. The maximum atomic E-state index is 9.18. The van der Waals surface area contributed by atoms with Gasteiger partial charge in [-0.3, -0.25) is 0 Å². The van der Waals surface area contributed by atoms with E-state index in [9.17, 15) is 5.11 Å². The average molecular weight is 346 g/mol. The van der Waals surface area contributed by atoms with Crippen molar-refractivity contribution in [2.75, 3.05) is 36.9 Å². The van der Waals surface area contributed by atoms with E-state index in [1.165, 1.54) is 12.3 Å². The van der Waals surface area contributed by atoms with Crippen LogP contribution in [-0.2, 0) is 0 Å². The molecule has 0 saturated carbocycles. The van der Waals surface area contributed by atoms with Crippen LogP contribution in [0.4, 0.5) is 11.5 Å². The van der Waals surface area contributed by atoms with Crippen LogP contribution < -0.4 is 20.1 Å². The first-order valence-corrected chi connectivity index (χ1v) is 8.55. The standard InChI is InChI=1S/C18H26N4O3/c1-3-7-22(8-4-2)14-11-16(19)21-18(12-14)25-10-9-24-17-6-5-15(23)13-20-17/h5-6,11-13,23H,3-4,7-10H2,1-2H3,(H2,19,21). The predicted molar refractivity (Wildman–Crippen MR) is 98.3 cm³/mol. The molecule has 0 unspecified atom stereocenters. The first-order chi connectivity index (χ1) is 12.1. The summed E-state index contributed by atoms with van der Waals surface area (Å²) in [6, 6.07) is 6.89. The molecule has 0 saturated heterocycles. The van der Waals surface area contributed by atoms with Crippen LogP contribution >= 0.6 is 0 Å². The van der Waals surface area contributed by atoms with Crippen LogP contribution in [0.25, 0.3) is 0 Å². The summed E-state index contributed by atoms with van der Waals surface area (Å²) >= 11 is 0. The highest BCUT2D eigenvalue weighted by Crippen LogP contribution is 2.23. The smallest absolute Gasteiger partial charge is 0.217 e. The molecular formula is C18H26N4O3. The second-order valence-corrected chi connectivity index (χ2v) is 5.63. The van der Waals surface area contributed by atoms with Gasteiger partial charge < -0.3 is 25.2 Å². The summed E-state index contributed by atoms with van der Waals surface area (Å²) in [6.45, 7) is 6.87. The van der Waals surface area contributed by atoms with Crippen molar-refractivity contribution >= 4 is 11.5 Å². The lowest BCUT2D eigenvalue weighted by molar-refractivity contribution is 0.207. The van der Waals surface area contributed by atoms with Crippen molar-refractivity contribution in [1.29, 1.82) is 0 Å². The number of nitrogen functional groups attached to an aromatic ring is 1. The fourth-order valence-electron chi connectivity index (χ4n) is 2.43. The maximum absolute atomic E-state index is 9.18. The molecule has 0 atom stereocenters. The van der Waals surface area contributed by atoms with E-state index in [1.807, 2.05) is 12.1 Å². The lowest BCUT2D eigenvalue weighted by atomic mass is 10.3. The van der Waals surface area contributed by atoms with Crippen molar-refractivity contribution in [2.24, 2.45) is 0 Å². The summed E-state index contributed by atoms with van der Waals surface area (Å²) < 4.78 is 11.1. The Balaban J connectivity index is 1.91. The molecule has 0 fully saturated rings. The van der Waals surface area contributed by atoms with E-state index in [-0.39, 0.29) is 5.75 Å². The zero-order valence-corrected chi connectivity index (χ0v) is 14.8. The van der Waals surface area contributed by atoms with Gasteiger partial charge in [-0.2, -0.15) is 4.98 Å². The number of anilines is 2. The van der Waals surface area contributed by atoms with E-state index in [1.54, 1.807) is 6.07 Å². The van der Waals surface area contributed by atoms with E-state index in [4.69, 9.17) is 15.2 Å². The van der Waals surface area contributed by atoms with Crippen LogP contribution in [0.3, 0.4) is 0 Å². The molecule has 2 rings (SSSR count). The number of nitrogens with zero attached hydrogens (tertiary/aromatic N) is 3. The molecule has 2 aromatic heterocycles. The minimum absolute atomic E-state index is 0.101. The lowest BCUT2D eigenvalue weighted by Gasteiger charge is -2.24. The maximum Gasteiger partial charge on any atom is 0.217 e. The number of aromatic hydroxyl groups is 1. The third-order valence-corrected chi connectivity index (χ3v) is 3.46. The van der Waals surface area contributed by atoms with Gasteiger partial charge in [-0.1, -0.05) is 13.8 Å². The monoisotopic (exact) mass is 346 g/mol. The lowest BCUT2D eigenvalue weighted by Crippen LogP contribution is -2.25. The second kappa shape index (κ2) is 9.56. The van der Waals surface area contributed by atoms with Crippen molar-refractivity contribution in [2.45, 2.75) is 26.7 Å². The molecule has 136 valence electrons. The summed E-state index contributed by atoms with van der Waals surface area (Å²) in [6.07, 6.45) is 3.45. The van der Waals surface area contributed by atoms with Gasteiger partial charge in [-0.15, -0.1) is 0 Å².